The van der Waals surface area contributed by atoms with Gasteiger partial charge in [0, 0.05) is 6.54 Å². The number of rotatable bonds is 13. The summed E-state index contributed by atoms with van der Waals surface area (Å²) in [6, 6.07) is 12.6. The van der Waals surface area contributed by atoms with Crippen LogP contribution in [0.25, 0.3) is 0 Å². The van der Waals surface area contributed by atoms with E-state index in [4.69, 9.17) is 4.42 Å². The molecule has 2 rings (SSSR count). The fourth-order valence-electron chi connectivity index (χ4n) is 3.47. The van der Waals surface area contributed by atoms with Crippen molar-refractivity contribution >= 4 is 0 Å². The lowest BCUT2D eigenvalue weighted by Gasteiger charge is -2.25. The van der Waals surface area contributed by atoms with E-state index in [-0.39, 0.29) is 0 Å². The minimum atomic E-state index is -0.965. The highest BCUT2D eigenvalue weighted by Crippen LogP contribution is 2.33. The van der Waals surface area contributed by atoms with E-state index in [9.17, 15) is 5.11 Å². The number of hydrogen-bond donors (Lipinski definition) is 1. The lowest BCUT2D eigenvalue weighted by molar-refractivity contribution is -0.00214. The average Bonchev–Trinajstić information content (AvgIpc) is 3.16. The maximum Gasteiger partial charge on any atom is 0.135 e. The summed E-state index contributed by atoms with van der Waals surface area (Å²) in [5.41, 5.74) is 1.62. The van der Waals surface area contributed by atoms with Gasteiger partial charge < -0.3 is 9.52 Å². The fourth-order valence-corrected chi connectivity index (χ4v) is 3.47. The Kier molecular flexibility index (Phi) is 8.75. The highest BCUT2D eigenvalue weighted by Gasteiger charge is 2.31. The monoisotopic (exact) mass is 381 g/mol. The molecule has 0 spiro atoms. The Hall–Kier alpha value is -2.10. The average molecular weight is 382 g/mol. The first-order valence-electron chi connectivity index (χ1n) is 10.3. The highest BCUT2D eigenvalue weighted by atomic mass is 16.4. The van der Waals surface area contributed by atoms with Gasteiger partial charge in [0.25, 0.3) is 0 Å². The molecule has 0 aliphatic carbocycles. The standard InChI is InChI=1S/C25H35NO2/c1-5-8-16-25(27,17-9-6-2)24-15-14-23(28-24)20-26(18-7-3)19-22-12-10-21(4)11-13-22/h5-6,10-15,27H,1-2,7-9,16-20H2,3-4H3. The van der Waals surface area contributed by atoms with Gasteiger partial charge in [-0.15, -0.1) is 13.2 Å². The van der Waals surface area contributed by atoms with Gasteiger partial charge in [-0.25, -0.2) is 0 Å². The van der Waals surface area contributed by atoms with Gasteiger partial charge in [-0.2, -0.15) is 0 Å². The summed E-state index contributed by atoms with van der Waals surface area (Å²) in [5.74, 6) is 1.55. The third-order valence-electron chi connectivity index (χ3n) is 5.09. The van der Waals surface area contributed by atoms with Crippen LogP contribution in [0.2, 0.25) is 0 Å². The zero-order valence-electron chi connectivity index (χ0n) is 17.5. The van der Waals surface area contributed by atoms with Crippen LogP contribution in [0.4, 0.5) is 0 Å². The molecule has 0 amide bonds. The Balaban J connectivity index is 2.11. The first-order valence-corrected chi connectivity index (χ1v) is 10.3. The highest BCUT2D eigenvalue weighted by molar-refractivity contribution is 5.21. The molecule has 1 aromatic heterocycles. The van der Waals surface area contributed by atoms with Gasteiger partial charge in [-0.3, -0.25) is 4.90 Å². The van der Waals surface area contributed by atoms with Crippen LogP contribution >= 0.6 is 0 Å². The maximum atomic E-state index is 11.2. The SMILES string of the molecule is C=CCCC(O)(CCC=C)c1ccc(CN(CCC)Cc2ccc(C)cc2)o1. The van der Waals surface area contributed by atoms with E-state index in [1.165, 1.54) is 11.1 Å². The molecule has 2 aromatic rings. The van der Waals surface area contributed by atoms with Crippen LogP contribution in [0.15, 0.2) is 66.1 Å². The summed E-state index contributed by atoms with van der Waals surface area (Å²) in [7, 11) is 0. The van der Waals surface area contributed by atoms with Crippen molar-refractivity contribution in [3.8, 4) is 0 Å². The van der Waals surface area contributed by atoms with Crippen LogP contribution in [0, 0.1) is 6.92 Å². The normalized spacial score (nSPS) is 11.7. The van der Waals surface area contributed by atoms with Crippen LogP contribution in [-0.2, 0) is 18.7 Å². The molecule has 0 bridgehead atoms. The summed E-state index contributed by atoms with van der Waals surface area (Å²) in [6.07, 6.45) is 7.49. The molecule has 0 aliphatic rings. The van der Waals surface area contributed by atoms with Gasteiger partial charge in [-0.05, 0) is 63.3 Å². The lowest BCUT2D eigenvalue weighted by atomic mass is 9.89. The second-order valence-electron chi connectivity index (χ2n) is 7.65. The summed E-state index contributed by atoms with van der Waals surface area (Å²) < 4.78 is 6.12. The molecule has 0 fully saturated rings. The third kappa shape index (κ3) is 6.50. The minimum absolute atomic E-state index is 0.610. The van der Waals surface area contributed by atoms with Crippen molar-refractivity contribution in [2.45, 2.75) is 64.6 Å². The smallest absolute Gasteiger partial charge is 0.135 e. The zero-order chi connectivity index (χ0) is 20.4. The molecule has 0 radical (unpaired) electrons. The van der Waals surface area contributed by atoms with Gasteiger partial charge in [0.2, 0.25) is 0 Å². The van der Waals surface area contributed by atoms with Crippen molar-refractivity contribution in [3.05, 3.63) is 84.4 Å². The van der Waals surface area contributed by atoms with E-state index >= 15 is 0 Å². The van der Waals surface area contributed by atoms with Crippen LogP contribution < -0.4 is 0 Å². The second kappa shape index (κ2) is 11.0. The van der Waals surface area contributed by atoms with E-state index < -0.39 is 5.60 Å². The predicted molar refractivity (Wildman–Crippen MR) is 117 cm³/mol. The molecule has 1 heterocycles. The molecular weight excluding hydrogens is 346 g/mol. The molecule has 3 heteroatoms. The van der Waals surface area contributed by atoms with E-state index in [0.717, 1.165) is 44.7 Å². The Morgan fingerprint density at radius 1 is 1.00 bits per heavy atom. The van der Waals surface area contributed by atoms with Crippen molar-refractivity contribution in [3.63, 3.8) is 0 Å². The van der Waals surface area contributed by atoms with Crippen molar-refractivity contribution < 1.29 is 9.52 Å². The Morgan fingerprint density at radius 2 is 1.64 bits per heavy atom. The number of aliphatic hydroxyl groups is 1. The molecule has 0 saturated heterocycles. The Morgan fingerprint density at radius 3 is 2.21 bits per heavy atom. The van der Waals surface area contributed by atoms with E-state index in [1.807, 2.05) is 24.3 Å². The topological polar surface area (TPSA) is 36.6 Å². The van der Waals surface area contributed by atoms with Crippen molar-refractivity contribution in [2.75, 3.05) is 6.54 Å². The van der Waals surface area contributed by atoms with Gasteiger partial charge >= 0.3 is 0 Å². The van der Waals surface area contributed by atoms with E-state index in [1.54, 1.807) is 0 Å². The number of hydrogen-bond acceptors (Lipinski definition) is 3. The van der Waals surface area contributed by atoms with Crippen molar-refractivity contribution in [2.24, 2.45) is 0 Å². The summed E-state index contributed by atoms with van der Waals surface area (Å²) in [5, 5.41) is 11.2. The molecule has 0 aliphatic heterocycles. The second-order valence-corrected chi connectivity index (χ2v) is 7.65. The number of nitrogens with zero attached hydrogens (tertiary/aromatic N) is 1. The lowest BCUT2D eigenvalue weighted by Crippen LogP contribution is -2.25. The Labute approximate surface area is 170 Å². The molecule has 0 atom stereocenters. The van der Waals surface area contributed by atoms with Crippen molar-refractivity contribution in [1.82, 2.24) is 4.90 Å². The molecule has 28 heavy (non-hydrogen) atoms. The zero-order valence-corrected chi connectivity index (χ0v) is 17.5. The van der Waals surface area contributed by atoms with Crippen LogP contribution in [0.5, 0.6) is 0 Å². The van der Waals surface area contributed by atoms with Gasteiger partial charge in [0.1, 0.15) is 17.1 Å². The molecule has 0 saturated carbocycles. The quantitative estimate of drug-likeness (QED) is 0.425. The molecule has 3 nitrogen and oxygen atoms in total. The van der Waals surface area contributed by atoms with E-state index in [2.05, 4.69) is 56.2 Å². The largest absolute Gasteiger partial charge is 0.462 e. The predicted octanol–water partition coefficient (Wildman–Crippen LogP) is 6.12. The first kappa shape index (κ1) is 22.2. The van der Waals surface area contributed by atoms with E-state index in [0.29, 0.717) is 18.6 Å². The molecule has 0 unspecified atom stereocenters. The van der Waals surface area contributed by atoms with Gasteiger partial charge in [-0.1, -0.05) is 48.9 Å². The van der Waals surface area contributed by atoms with Gasteiger partial charge in [0.05, 0.1) is 6.54 Å². The summed E-state index contributed by atoms with van der Waals surface area (Å²) in [4.78, 5) is 2.39. The van der Waals surface area contributed by atoms with Crippen molar-refractivity contribution in [1.29, 1.82) is 0 Å². The fraction of sp³-hybridized carbons (Fsp3) is 0.440. The number of furan rings is 1. The summed E-state index contributed by atoms with van der Waals surface area (Å²) in [6.45, 7) is 14.5. The number of aryl methyl sites for hydroxylation is 1. The summed E-state index contributed by atoms with van der Waals surface area (Å²) >= 11 is 0. The van der Waals surface area contributed by atoms with Crippen LogP contribution in [0.1, 0.15) is 61.7 Å². The molecule has 1 aromatic carbocycles. The van der Waals surface area contributed by atoms with Crippen LogP contribution in [-0.4, -0.2) is 16.6 Å². The minimum Gasteiger partial charge on any atom is -0.462 e. The Bertz CT molecular complexity index is 717. The number of benzene rings is 1. The van der Waals surface area contributed by atoms with Gasteiger partial charge in [0.15, 0.2) is 0 Å². The molecule has 152 valence electrons. The number of allylic oxidation sites excluding steroid dienone is 2. The molecular formula is C25H35NO2. The third-order valence-corrected chi connectivity index (χ3v) is 5.09. The molecule has 1 N–H and O–H groups in total. The first-order chi connectivity index (χ1) is 13.5. The van der Waals surface area contributed by atoms with Crippen LogP contribution in [0.3, 0.4) is 0 Å². The maximum absolute atomic E-state index is 11.2.